The monoisotopic (exact) mass is 534 g/mol. The summed E-state index contributed by atoms with van der Waals surface area (Å²) in [6.45, 7) is 6.30. The van der Waals surface area contributed by atoms with Crippen LogP contribution >= 0.6 is 0 Å². The lowest BCUT2D eigenvalue weighted by atomic mass is 10.0. The molecule has 5 N–H and O–H groups in total. The van der Waals surface area contributed by atoms with Gasteiger partial charge in [0.15, 0.2) is 5.78 Å². The van der Waals surface area contributed by atoms with Crippen LogP contribution in [0, 0.1) is 5.92 Å². The van der Waals surface area contributed by atoms with Crippen molar-refractivity contribution in [3.63, 3.8) is 0 Å². The number of amides is 3. The van der Waals surface area contributed by atoms with E-state index in [0.29, 0.717) is 26.2 Å². The topological polar surface area (TPSA) is 166 Å². The first kappa shape index (κ1) is 32.9. The molecular formula is C27H42N4O7. The zero-order chi connectivity index (χ0) is 28.3. The Morgan fingerprint density at radius 1 is 0.868 bits per heavy atom. The predicted octanol–water partition coefficient (Wildman–Crippen LogP) is 0.291. The summed E-state index contributed by atoms with van der Waals surface area (Å²) in [6, 6.07) is 7.31. The Balaban J connectivity index is 2.76. The van der Waals surface area contributed by atoms with Gasteiger partial charge in [0.25, 0.3) is 0 Å². The number of nitrogens with one attached hydrogen (secondary N) is 3. The third-order valence-electron chi connectivity index (χ3n) is 5.31. The summed E-state index contributed by atoms with van der Waals surface area (Å²) in [6.07, 6.45) is 0.395. The molecule has 1 aromatic rings. The van der Waals surface area contributed by atoms with E-state index < -0.39 is 29.8 Å². The zero-order valence-electron chi connectivity index (χ0n) is 22.6. The van der Waals surface area contributed by atoms with Crippen LogP contribution in [0.4, 0.5) is 0 Å². The summed E-state index contributed by atoms with van der Waals surface area (Å²) < 4.78 is 10.4. The van der Waals surface area contributed by atoms with Crippen molar-refractivity contribution in [2.45, 2.75) is 58.5 Å². The molecule has 38 heavy (non-hydrogen) atoms. The van der Waals surface area contributed by atoms with E-state index in [0.717, 1.165) is 5.56 Å². The van der Waals surface area contributed by atoms with Crippen LogP contribution in [0.2, 0.25) is 0 Å². The summed E-state index contributed by atoms with van der Waals surface area (Å²) in [5.74, 6) is -1.83. The van der Waals surface area contributed by atoms with Crippen molar-refractivity contribution < 1.29 is 33.4 Å². The Labute approximate surface area is 224 Å². The Kier molecular flexibility index (Phi) is 16.4. The van der Waals surface area contributed by atoms with E-state index in [2.05, 4.69) is 16.0 Å². The number of ketones is 2. The summed E-state index contributed by atoms with van der Waals surface area (Å²) in [7, 11) is 0. The number of nitrogens with two attached hydrogens (primary N) is 1. The molecule has 0 saturated carbocycles. The molecule has 1 rings (SSSR count). The highest BCUT2D eigenvalue weighted by Gasteiger charge is 2.27. The summed E-state index contributed by atoms with van der Waals surface area (Å²) in [5, 5.41) is 7.96. The van der Waals surface area contributed by atoms with Crippen molar-refractivity contribution in [3.8, 4) is 0 Å². The van der Waals surface area contributed by atoms with Crippen molar-refractivity contribution in [1.29, 1.82) is 0 Å². The smallest absolute Gasteiger partial charge is 0.243 e. The average Bonchev–Trinajstić information content (AvgIpc) is 2.87. The van der Waals surface area contributed by atoms with Crippen molar-refractivity contribution in [2.75, 3.05) is 39.5 Å². The minimum absolute atomic E-state index is 0.0431. The Bertz CT molecular complexity index is 893. The molecule has 0 aliphatic carbocycles. The lowest BCUT2D eigenvalue weighted by molar-refractivity contribution is -0.133. The highest BCUT2D eigenvalue weighted by Crippen LogP contribution is 2.08. The molecule has 0 aromatic heterocycles. The van der Waals surface area contributed by atoms with E-state index in [9.17, 15) is 24.0 Å². The second-order valence-electron chi connectivity index (χ2n) is 9.41. The molecular weight excluding hydrogens is 492 g/mol. The van der Waals surface area contributed by atoms with Gasteiger partial charge >= 0.3 is 0 Å². The van der Waals surface area contributed by atoms with Gasteiger partial charge in [-0.05, 0) is 24.8 Å². The van der Waals surface area contributed by atoms with Gasteiger partial charge in [0.05, 0.1) is 26.4 Å². The van der Waals surface area contributed by atoms with Crippen molar-refractivity contribution in [3.05, 3.63) is 35.9 Å². The number of Topliss-reactive ketones (excluding diaryl/α,β-unsaturated/α-hetero) is 2. The molecule has 1 aromatic carbocycles. The first-order chi connectivity index (χ1) is 18.1. The quantitative estimate of drug-likeness (QED) is 0.173. The van der Waals surface area contributed by atoms with Gasteiger partial charge in [-0.15, -0.1) is 0 Å². The first-order valence-corrected chi connectivity index (χ1v) is 12.9. The van der Waals surface area contributed by atoms with E-state index in [1.807, 2.05) is 44.2 Å². The molecule has 0 saturated heterocycles. The molecule has 0 heterocycles. The van der Waals surface area contributed by atoms with E-state index in [1.165, 1.54) is 6.92 Å². The van der Waals surface area contributed by atoms with Gasteiger partial charge in [-0.1, -0.05) is 44.2 Å². The fourth-order valence-corrected chi connectivity index (χ4v) is 3.45. The van der Waals surface area contributed by atoms with Crippen LogP contribution in [0.3, 0.4) is 0 Å². The third-order valence-corrected chi connectivity index (χ3v) is 5.31. The number of ether oxygens (including phenoxy) is 2. The van der Waals surface area contributed by atoms with Crippen molar-refractivity contribution >= 4 is 29.3 Å². The van der Waals surface area contributed by atoms with Gasteiger partial charge in [0, 0.05) is 25.8 Å². The van der Waals surface area contributed by atoms with E-state index in [-0.39, 0.29) is 56.5 Å². The SMILES string of the molecule is CC(=O)CNC(=O)C(CC(C)C)NC(=O)C(Cc1ccccc1)NC(=O)CCC(=O)COCCOCCN. The molecule has 0 aliphatic rings. The highest BCUT2D eigenvalue weighted by atomic mass is 16.5. The van der Waals surface area contributed by atoms with Crippen LogP contribution in [-0.4, -0.2) is 80.9 Å². The molecule has 0 radical (unpaired) electrons. The minimum Gasteiger partial charge on any atom is -0.378 e. The van der Waals surface area contributed by atoms with Gasteiger partial charge in [-0.2, -0.15) is 0 Å². The van der Waals surface area contributed by atoms with Crippen LogP contribution in [0.15, 0.2) is 30.3 Å². The average molecular weight is 535 g/mol. The van der Waals surface area contributed by atoms with E-state index in [1.54, 1.807) is 0 Å². The summed E-state index contributed by atoms with van der Waals surface area (Å²) in [5.41, 5.74) is 6.14. The predicted molar refractivity (Wildman–Crippen MR) is 142 cm³/mol. The number of hydrogen-bond acceptors (Lipinski definition) is 8. The normalized spacial score (nSPS) is 12.4. The van der Waals surface area contributed by atoms with Crippen LogP contribution < -0.4 is 21.7 Å². The molecule has 2 atom stereocenters. The van der Waals surface area contributed by atoms with Gasteiger partial charge in [-0.3, -0.25) is 24.0 Å². The molecule has 3 amide bonds. The maximum absolute atomic E-state index is 13.2. The standard InChI is InChI=1S/C27H42N4O7/c1-19(2)15-23(26(35)29-17-20(3)32)31-27(36)24(16-21-7-5-4-6-8-21)30-25(34)10-9-22(33)18-38-14-13-37-12-11-28/h4-8,19,23-24H,9-18,28H2,1-3H3,(H,29,35)(H,30,34)(H,31,36). The van der Waals surface area contributed by atoms with Crippen LogP contribution in [-0.2, 0) is 39.9 Å². The number of rotatable bonds is 20. The molecule has 212 valence electrons. The molecule has 0 fully saturated rings. The second-order valence-corrected chi connectivity index (χ2v) is 9.41. The number of benzene rings is 1. The van der Waals surface area contributed by atoms with Crippen molar-refractivity contribution in [1.82, 2.24) is 16.0 Å². The Morgan fingerprint density at radius 2 is 1.55 bits per heavy atom. The number of carbonyl (C=O) groups excluding carboxylic acids is 5. The van der Waals surface area contributed by atoms with E-state index in [4.69, 9.17) is 15.2 Å². The zero-order valence-corrected chi connectivity index (χ0v) is 22.6. The maximum atomic E-state index is 13.2. The van der Waals surface area contributed by atoms with Gasteiger partial charge in [-0.25, -0.2) is 0 Å². The van der Waals surface area contributed by atoms with Crippen LogP contribution in [0.25, 0.3) is 0 Å². The lowest BCUT2D eigenvalue weighted by Crippen LogP contribution is -2.55. The maximum Gasteiger partial charge on any atom is 0.243 e. The molecule has 0 spiro atoms. The third kappa shape index (κ3) is 15.2. The van der Waals surface area contributed by atoms with Crippen molar-refractivity contribution in [2.24, 2.45) is 11.7 Å². The molecule has 11 nitrogen and oxygen atoms in total. The second kappa shape index (κ2) is 19.0. The van der Waals surface area contributed by atoms with Gasteiger partial charge < -0.3 is 31.2 Å². The largest absolute Gasteiger partial charge is 0.378 e. The minimum atomic E-state index is -0.966. The lowest BCUT2D eigenvalue weighted by Gasteiger charge is -2.24. The van der Waals surface area contributed by atoms with E-state index >= 15 is 0 Å². The summed E-state index contributed by atoms with van der Waals surface area (Å²) in [4.78, 5) is 61.8. The highest BCUT2D eigenvalue weighted by molar-refractivity contribution is 5.94. The molecule has 0 bridgehead atoms. The molecule has 11 heteroatoms. The first-order valence-electron chi connectivity index (χ1n) is 12.9. The fourth-order valence-electron chi connectivity index (χ4n) is 3.45. The Hall–Kier alpha value is -3.15. The number of hydrogen-bond donors (Lipinski definition) is 4. The Morgan fingerprint density at radius 3 is 2.18 bits per heavy atom. The number of carbonyl (C=O) groups is 5. The van der Waals surface area contributed by atoms with Gasteiger partial charge in [0.1, 0.15) is 24.5 Å². The molecule has 2 unspecified atom stereocenters. The summed E-state index contributed by atoms with van der Waals surface area (Å²) >= 11 is 0. The fraction of sp³-hybridized carbons (Fsp3) is 0.593. The van der Waals surface area contributed by atoms with Gasteiger partial charge in [0.2, 0.25) is 17.7 Å². The molecule has 0 aliphatic heterocycles. The van der Waals surface area contributed by atoms with Crippen LogP contribution in [0.1, 0.15) is 45.6 Å². The van der Waals surface area contributed by atoms with Crippen LogP contribution in [0.5, 0.6) is 0 Å².